The van der Waals surface area contributed by atoms with Crippen LogP contribution in [0.25, 0.3) is 0 Å². The Hall–Kier alpha value is -1.11. The van der Waals surface area contributed by atoms with Gasteiger partial charge in [-0.2, -0.15) is 0 Å². The summed E-state index contributed by atoms with van der Waals surface area (Å²) in [5.74, 6) is -2.43. The fraction of sp³-hybridized carbons (Fsp3) is 0.846. The highest BCUT2D eigenvalue weighted by Crippen LogP contribution is 2.25. The van der Waals surface area contributed by atoms with Gasteiger partial charge in [0.1, 0.15) is 11.8 Å². The first kappa shape index (κ1) is 16.9. The summed E-state index contributed by atoms with van der Waals surface area (Å²) in [6.45, 7) is 1.92. The molecule has 6 nitrogen and oxygen atoms in total. The molecule has 0 spiro atoms. The molecule has 0 aromatic rings. The lowest BCUT2D eigenvalue weighted by Gasteiger charge is -2.15. The van der Waals surface area contributed by atoms with E-state index in [-0.39, 0.29) is 0 Å². The Morgan fingerprint density at radius 3 is 2.40 bits per heavy atom. The molecule has 0 aromatic carbocycles. The van der Waals surface area contributed by atoms with E-state index < -0.39 is 38.8 Å². The zero-order chi connectivity index (χ0) is 15.2. The van der Waals surface area contributed by atoms with Gasteiger partial charge in [-0.1, -0.05) is 32.6 Å². The van der Waals surface area contributed by atoms with Crippen molar-refractivity contribution >= 4 is 21.7 Å². The first-order valence-electron chi connectivity index (χ1n) is 7.10. The second-order valence-corrected chi connectivity index (χ2v) is 7.60. The average Bonchev–Trinajstić information content (AvgIpc) is 2.87. The summed E-state index contributed by atoms with van der Waals surface area (Å²) in [7, 11) is -3.46. The number of aliphatic carboxylic acids is 1. The van der Waals surface area contributed by atoms with Gasteiger partial charge < -0.3 is 10.4 Å². The molecule has 1 saturated carbocycles. The minimum absolute atomic E-state index is 0.320. The fourth-order valence-corrected chi connectivity index (χ4v) is 4.19. The van der Waals surface area contributed by atoms with E-state index in [2.05, 4.69) is 5.32 Å². The minimum atomic E-state index is -3.46. The van der Waals surface area contributed by atoms with Crippen LogP contribution >= 0.6 is 0 Å². The smallest absolute Gasteiger partial charge is 0.326 e. The molecule has 0 radical (unpaired) electrons. The standard InChI is InChI=1S/C13H23NO5S/c1-2-3-8-11(13(16)17)14-12(15)9-20(18,19)10-6-4-5-7-10/h10-11H,2-9H2,1H3,(H,14,15)(H,16,17)/t11-/m0/s1. The topological polar surface area (TPSA) is 101 Å². The van der Waals surface area contributed by atoms with Gasteiger partial charge in [-0.3, -0.25) is 4.79 Å². The Balaban J connectivity index is 2.54. The maximum atomic E-state index is 12.0. The van der Waals surface area contributed by atoms with Gasteiger partial charge in [-0.15, -0.1) is 0 Å². The molecule has 7 heteroatoms. The zero-order valence-corrected chi connectivity index (χ0v) is 12.6. The molecule has 0 bridgehead atoms. The van der Waals surface area contributed by atoms with Crippen LogP contribution in [0, 0.1) is 0 Å². The third-order valence-electron chi connectivity index (χ3n) is 3.62. The van der Waals surface area contributed by atoms with Crippen LogP contribution in [-0.2, 0) is 19.4 Å². The van der Waals surface area contributed by atoms with Crippen LogP contribution in [0.1, 0.15) is 51.9 Å². The lowest BCUT2D eigenvalue weighted by molar-refractivity contribution is -0.141. The predicted molar refractivity (Wildman–Crippen MR) is 75.1 cm³/mol. The molecule has 1 amide bonds. The number of sulfone groups is 1. The molecule has 1 aliphatic rings. The number of carbonyl (C=O) groups is 2. The average molecular weight is 305 g/mol. The minimum Gasteiger partial charge on any atom is -0.480 e. The van der Waals surface area contributed by atoms with Crippen LogP contribution < -0.4 is 5.32 Å². The summed E-state index contributed by atoms with van der Waals surface area (Å²) < 4.78 is 24.0. The molecular weight excluding hydrogens is 282 g/mol. The van der Waals surface area contributed by atoms with Crippen molar-refractivity contribution in [2.24, 2.45) is 0 Å². The monoisotopic (exact) mass is 305 g/mol. The van der Waals surface area contributed by atoms with Gasteiger partial charge >= 0.3 is 5.97 Å². The molecule has 0 saturated heterocycles. The van der Waals surface area contributed by atoms with Crippen molar-refractivity contribution < 1.29 is 23.1 Å². The second kappa shape index (κ2) is 7.61. The molecule has 0 unspecified atom stereocenters. The van der Waals surface area contributed by atoms with Crippen molar-refractivity contribution in [2.45, 2.75) is 63.2 Å². The maximum absolute atomic E-state index is 12.0. The summed E-state index contributed by atoms with van der Waals surface area (Å²) in [5.41, 5.74) is 0. The first-order valence-corrected chi connectivity index (χ1v) is 8.82. The molecule has 1 fully saturated rings. The number of carbonyl (C=O) groups excluding carboxylic acids is 1. The molecule has 2 N–H and O–H groups in total. The van der Waals surface area contributed by atoms with E-state index in [9.17, 15) is 18.0 Å². The molecule has 0 aliphatic heterocycles. The lowest BCUT2D eigenvalue weighted by Crippen LogP contribution is -2.44. The number of rotatable bonds is 8. The highest BCUT2D eigenvalue weighted by molar-refractivity contribution is 7.92. The number of hydrogen-bond acceptors (Lipinski definition) is 4. The van der Waals surface area contributed by atoms with Crippen LogP contribution in [0.2, 0.25) is 0 Å². The summed E-state index contributed by atoms with van der Waals surface area (Å²) in [5, 5.41) is 10.9. The highest BCUT2D eigenvalue weighted by Gasteiger charge is 2.31. The third-order valence-corrected chi connectivity index (χ3v) is 5.77. The van der Waals surface area contributed by atoms with Crippen LogP contribution in [0.3, 0.4) is 0 Å². The Morgan fingerprint density at radius 2 is 1.90 bits per heavy atom. The van der Waals surface area contributed by atoms with Gasteiger partial charge in [0.2, 0.25) is 5.91 Å². The fourth-order valence-electron chi connectivity index (χ4n) is 2.45. The Morgan fingerprint density at radius 1 is 1.30 bits per heavy atom. The molecular formula is C13H23NO5S. The molecule has 0 heterocycles. The van der Waals surface area contributed by atoms with Gasteiger partial charge in [0.25, 0.3) is 0 Å². The normalized spacial score (nSPS) is 17.9. The Bertz CT molecular complexity index is 440. The van der Waals surface area contributed by atoms with Crippen molar-refractivity contribution in [1.29, 1.82) is 0 Å². The molecule has 20 heavy (non-hydrogen) atoms. The van der Waals surface area contributed by atoms with Crippen molar-refractivity contribution in [1.82, 2.24) is 5.32 Å². The lowest BCUT2D eigenvalue weighted by atomic mass is 10.1. The van der Waals surface area contributed by atoms with Gasteiger partial charge in [0.15, 0.2) is 9.84 Å². The van der Waals surface area contributed by atoms with Gasteiger partial charge in [-0.05, 0) is 19.3 Å². The molecule has 0 aromatic heterocycles. The maximum Gasteiger partial charge on any atom is 0.326 e. The summed E-state index contributed by atoms with van der Waals surface area (Å²) in [4.78, 5) is 22.7. The number of hydrogen-bond donors (Lipinski definition) is 2. The quantitative estimate of drug-likeness (QED) is 0.699. The summed E-state index contributed by atoms with van der Waals surface area (Å²) in [6.07, 6.45) is 4.77. The molecule has 1 atom stereocenters. The molecule has 116 valence electrons. The number of carboxylic acids is 1. The first-order chi connectivity index (χ1) is 9.36. The van der Waals surface area contributed by atoms with E-state index in [1.54, 1.807) is 0 Å². The largest absolute Gasteiger partial charge is 0.480 e. The Labute approximate surface area is 119 Å². The Kier molecular flexibility index (Phi) is 6.45. The van der Waals surface area contributed by atoms with E-state index >= 15 is 0 Å². The summed E-state index contributed by atoms with van der Waals surface area (Å²) >= 11 is 0. The number of nitrogens with one attached hydrogen (secondary N) is 1. The van der Waals surface area contributed by atoms with E-state index in [4.69, 9.17) is 5.11 Å². The molecule has 1 aliphatic carbocycles. The number of carboxylic acid groups (broad SMARTS) is 1. The highest BCUT2D eigenvalue weighted by atomic mass is 32.2. The molecule has 1 rings (SSSR count). The van der Waals surface area contributed by atoms with E-state index in [0.29, 0.717) is 25.7 Å². The summed E-state index contributed by atoms with van der Waals surface area (Å²) in [6, 6.07) is -0.999. The van der Waals surface area contributed by atoms with Crippen molar-refractivity contribution in [3.05, 3.63) is 0 Å². The van der Waals surface area contributed by atoms with E-state index in [1.165, 1.54) is 0 Å². The SMILES string of the molecule is CCCC[C@H](NC(=O)CS(=O)(=O)C1CCCC1)C(=O)O. The van der Waals surface area contributed by atoms with Gasteiger partial charge in [-0.25, -0.2) is 13.2 Å². The van der Waals surface area contributed by atoms with E-state index in [0.717, 1.165) is 19.3 Å². The van der Waals surface area contributed by atoms with Crippen LogP contribution in [0.5, 0.6) is 0 Å². The van der Waals surface area contributed by atoms with Gasteiger partial charge in [0, 0.05) is 0 Å². The van der Waals surface area contributed by atoms with Crippen LogP contribution in [0.15, 0.2) is 0 Å². The zero-order valence-electron chi connectivity index (χ0n) is 11.8. The van der Waals surface area contributed by atoms with E-state index in [1.807, 2.05) is 6.92 Å². The number of amides is 1. The van der Waals surface area contributed by atoms with Crippen molar-refractivity contribution in [3.63, 3.8) is 0 Å². The second-order valence-electron chi connectivity index (χ2n) is 5.31. The van der Waals surface area contributed by atoms with Gasteiger partial charge in [0.05, 0.1) is 5.25 Å². The third kappa shape index (κ3) is 5.11. The van der Waals surface area contributed by atoms with Crippen LogP contribution in [-0.4, -0.2) is 42.4 Å². The van der Waals surface area contributed by atoms with Crippen molar-refractivity contribution in [2.75, 3.05) is 5.75 Å². The van der Waals surface area contributed by atoms with Crippen LogP contribution in [0.4, 0.5) is 0 Å². The predicted octanol–water partition coefficient (Wildman–Crippen LogP) is 1.10. The van der Waals surface area contributed by atoms with Crippen molar-refractivity contribution in [3.8, 4) is 0 Å². The number of unbranched alkanes of at least 4 members (excludes halogenated alkanes) is 1.